The van der Waals surface area contributed by atoms with Gasteiger partial charge in [0.25, 0.3) is 0 Å². The highest BCUT2D eigenvalue weighted by Gasteiger charge is 2.01. The molecule has 1 heterocycles. The minimum atomic E-state index is 0.388. The summed E-state index contributed by atoms with van der Waals surface area (Å²) in [5.74, 6) is 1.96. The monoisotopic (exact) mass is 218 g/mol. The quantitative estimate of drug-likeness (QED) is 0.582. The molecule has 3 heteroatoms. The Morgan fingerprint density at radius 3 is 2.60 bits per heavy atom. The van der Waals surface area contributed by atoms with Crippen molar-refractivity contribution in [1.29, 1.82) is 0 Å². The summed E-state index contributed by atoms with van der Waals surface area (Å²) < 4.78 is 5.27. The molecule has 0 radical (unpaired) electrons. The lowest BCUT2D eigenvalue weighted by Crippen LogP contribution is -1.76. The van der Waals surface area contributed by atoms with Crippen molar-refractivity contribution < 1.29 is 9.21 Å². The Labute approximate surface area is 92.3 Å². The summed E-state index contributed by atoms with van der Waals surface area (Å²) in [6.45, 7) is 0. The molecule has 0 aliphatic carbocycles. The first-order valence-corrected chi connectivity index (χ1v) is 5.59. The van der Waals surface area contributed by atoms with Crippen LogP contribution in [0.4, 0.5) is 0 Å². The van der Waals surface area contributed by atoms with Crippen molar-refractivity contribution in [3.8, 4) is 0 Å². The Kier molecular flexibility index (Phi) is 3.25. The predicted molar refractivity (Wildman–Crippen MR) is 60.1 cm³/mol. The lowest BCUT2D eigenvalue weighted by molar-refractivity contribution is 0.109. The van der Waals surface area contributed by atoms with E-state index < -0.39 is 0 Å². The van der Waals surface area contributed by atoms with Crippen LogP contribution in [0.1, 0.15) is 16.3 Å². The van der Waals surface area contributed by atoms with Gasteiger partial charge in [-0.05, 0) is 24.3 Å². The highest BCUT2D eigenvalue weighted by molar-refractivity contribution is 7.98. The first-order chi connectivity index (χ1) is 7.38. The Morgan fingerprint density at radius 2 is 1.93 bits per heavy atom. The average Bonchev–Trinajstić information content (AvgIpc) is 2.76. The lowest BCUT2D eigenvalue weighted by Gasteiger charge is -1.97. The van der Waals surface area contributed by atoms with E-state index in [9.17, 15) is 4.79 Å². The van der Waals surface area contributed by atoms with Crippen molar-refractivity contribution in [2.75, 3.05) is 0 Å². The predicted octanol–water partition coefficient (Wildman–Crippen LogP) is 3.38. The standard InChI is InChI=1S/C12H10O2S/c13-8-10-6-7-11(14-10)9-15-12-4-2-1-3-5-12/h1-8H,9H2. The third-order valence-corrected chi connectivity index (χ3v) is 2.96. The molecule has 2 aromatic rings. The first kappa shape index (κ1) is 10.1. The molecule has 0 unspecified atom stereocenters. The zero-order valence-electron chi connectivity index (χ0n) is 8.05. The van der Waals surface area contributed by atoms with Crippen molar-refractivity contribution in [3.05, 3.63) is 54.0 Å². The normalized spacial score (nSPS) is 10.1. The minimum absolute atomic E-state index is 0.388. The summed E-state index contributed by atoms with van der Waals surface area (Å²) >= 11 is 1.69. The molecule has 0 N–H and O–H groups in total. The number of thioether (sulfide) groups is 1. The van der Waals surface area contributed by atoms with Crippen molar-refractivity contribution in [2.45, 2.75) is 10.6 Å². The molecular formula is C12H10O2S. The van der Waals surface area contributed by atoms with Gasteiger partial charge in [0, 0.05) is 4.90 Å². The molecule has 1 aromatic carbocycles. The van der Waals surface area contributed by atoms with Crippen molar-refractivity contribution in [1.82, 2.24) is 0 Å². The van der Waals surface area contributed by atoms with E-state index >= 15 is 0 Å². The Hall–Kier alpha value is -1.48. The smallest absolute Gasteiger partial charge is 0.185 e. The number of carbonyl (C=O) groups is 1. The van der Waals surface area contributed by atoms with Crippen molar-refractivity contribution in [3.63, 3.8) is 0 Å². The highest BCUT2D eigenvalue weighted by Crippen LogP contribution is 2.22. The topological polar surface area (TPSA) is 30.2 Å². The summed E-state index contributed by atoms with van der Waals surface area (Å²) in [6.07, 6.45) is 0.719. The Balaban J connectivity index is 1.96. The van der Waals surface area contributed by atoms with Crippen LogP contribution in [0.15, 0.2) is 51.8 Å². The molecule has 0 aliphatic rings. The van der Waals surface area contributed by atoms with E-state index in [1.54, 1.807) is 17.8 Å². The van der Waals surface area contributed by atoms with E-state index in [1.165, 1.54) is 4.90 Å². The number of aldehydes is 1. The number of rotatable bonds is 4. The number of hydrogen-bond acceptors (Lipinski definition) is 3. The molecule has 0 spiro atoms. The second-order valence-electron chi connectivity index (χ2n) is 3.02. The summed E-state index contributed by atoms with van der Waals surface area (Å²) in [5.41, 5.74) is 0. The fourth-order valence-electron chi connectivity index (χ4n) is 1.21. The summed E-state index contributed by atoms with van der Waals surface area (Å²) in [6, 6.07) is 13.6. The molecule has 1 aromatic heterocycles. The van der Waals surface area contributed by atoms with Crippen molar-refractivity contribution in [2.24, 2.45) is 0 Å². The molecule has 0 fully saturated rings. The molecule has 76 valence electrons. The zero-order valence-corrected chi connectivity index (χ0v) is 8.87. The van der Waals surface area contributed by atoms with Gasteiger partial charge in [0.05, 0.1) is 5.75 Å². The maximum absolute atomic E-state index is 10.4. The average molecular weight is 218 g/mol. The van der Waals surface area contributed by atoms with Crippen molar-refractivity contribution >= 4 is 18.0 Å². The maximum Gasteiger partial charge on any atom is 0.185 e. The van der Waals surface area contributed by atoms with E-state index in [-0.39, 0.29) is 0 Å². The number of carbonyl (C=O) groups excluding carboxylic acids is 1. The first-order valence-electron chi connectivity index (χ1n) is 4.60. The van der Waals surface area contributed by atoms with E-state index in [0.717, 1.165) is 17.8 Å². The van der Waals surface area contributed by atoms with Gasteiger partial charge in [0.1, 0.15) is 5.76 Å². The fourth-order valence-corrected chi connectivity index (χ4v) is 2.02. The van der Waals surface area contributed by atoms with Crippen LogP contribution in [-0.2, 0) is 5.75 Å². The van der Waals surface area contributed by atoms with Crippen LogP contribution in [0.3, 0.4) is 0 Å². The third kappa shape index (κ3) is 2.73. The molecule has 0 atom stereocenters. The SMILES string of the molecule is O=Cc1ccc(CSc2ccccc2)o1. The highest BCUT2D eigenvalue weighted by atomic mass is 32.2. The fraction of sp³-hybridized carbons (Fsp3) is 0.0833. The minimum Gasteiger partial charge on any atom is -0.457 e. The van der Waals surface area contributed by atoms with Gasteiger partial charge in [-0.1, -0.05) is 18.2 Å². The molecule has 0 saturated heterocycles. The number of hydrogen-bond donors (Lipinski definition) is 0. The largest absolute Gasteiger partial charge is 0.457 e. The number of benzene rings is 1. The van der Waals surface area contributed by atoms with E-state index in [2.05, 4.69) is 0 Å². The Morgan fingerprint density at radius 1 is 1.13 bits per heavy atom. The van der Waals surface area contributed by atoms with Gasteiger partial charge < -0.3 is 4.42 Å². The van der Waals surface area contributed by atoms with Crippen LogP contribution in [0, 0.1) is 0 Å². The van der Waals surface area contributed by atoms with Gasteiger partial charge in [-0.3, -0.25) is 4.79 Å². The van der Waals surface area contributed by atoms with Gasteiger partial charge >= 0.3 is 0 Å². The zero-order chi connectivity index (χ0) is 10.5. The molecule has 15 heavy (non-hydrogen) atoms. The van der Waals surface area contributed by atoms with Gasteiger partial charge in [-0.15, -0.1) is 11.8 Å². The van der Waals surface area contributed by atoms with E-state index in [0.29, 0.717) is 5.76 Å². The summed E-state index contributed by atoms with van der Waals surface area (Å²) in [5, 5.41) is 0. The summed E-state index contributed by atoms with van der Waals surface area (Å²) in [4.78, 5) is 11.6. The molecule has 0 saturated carbocycles. The van der Waals surface area contributed by atoms with Crippen LogP contribution in [0.5, 0.6) is 0 Å². The van der Waals surface area contributed by atoms with Crippen LogP contribution in [0.25, 0.3) is 0 Å². The second kappa shape index (κ2) is 4.84. The molecule has 0 aliphatic heterocycles. The number of furan rings is 1. The van der Waals surface area contributed by atoms with Gasteiger partial charge in [-0.25, -0.2) is 0 Å². The molecule has 0 amide bonds. The summed E-state index contributed by atoms with van der Waals surface area (Å²) in [7, 11) is 0. The molecule has 0 bridgehead atoms. The Bertz CT molecular complexity index is 434. The maximum atomic E-state index is 10.4. The lowest BCUT2D eigenvalue weighted by atomic mass is 10.4. The van der Waals surface area contributed by atoms with Gasteiger partial charge in [0.2, 0.25) is 0 Å². The van der Waals surface area contributed by atoms with Crippen LogP contribution < -0.4 is 0 Å². The second-order valence-corrected chi connectivity index (χ2v) is 4.07. The van der Waals surface area contributed by atoms with Gasteiger partial charge in [0.15, 0.2) is 12.0 Å². The van der Waals surface area contributed by atoms with Crippen LogP contribution in [0.2, 0.25) is 0 Å². The van der Waals surface area contributed by atoms with Gasteiger partial charge in [-0.2, -0.15) is 0 Å². The third-order valence-electron chi connectivity index (χ3n) is 1.92. The van der Waals surface area contributed by atoms with E-state index in [4.69, 9.17) is 4.42 Å². The van der Waals surface area contributed by atoms with Crippen LogP contribution >= 0.6 is 11.8 Å². The van der Waals surface area contributed by atoms with Crippen LogP contribution in [-0.4, -0.2) is 6.29 Å². The van der Waals surface area contributed by atoms with E-state index in [1.807, 2.05) is 36.4 Å². The molecule has 2 nitrogen and oxygen atoms in total. The molecular weight excluding hydrogens is 208 g/mol. The molecule has 2 rings (SSSR count).